The molecule has 1 aliphatic heterocycles. The van der Waals surface area contributed by atoms with Gasteiger partial charge in [0.15, 0.2) is 21.4 Å². The number of halogens is 1. The van der Waals surface area contributed by atoms with E-state index in [2.05, 4.69) is 5.10 Å². The summed E-state index contributed by atoms with van der Waals surface area (Å²) in [5, 5.41) is 4.50. The maximum atomic E-state index is 14.1. The number of hydrogen-bond donors (Lipinski definition) is 0. The molecule has 2 heterocycles. The lowest BCUT2D eigenvalue weighted by Gasteiger charge is -2.14. The Hall–Kier alpha value is -3.33. The predicted molar refractivity (Wildman–Crippen MR) is 125 cm³/mol. The molecule has 1 unspecified atom stereocenters. The molecular formula is C24H24FN3O4S. The molecule has 0 aliphatic carbocycles. The Balaban J connectivity index is 2.00. The van der Waals surface area contributed by atoms with E-state index in [-0.39, 0.29) is 22.8 Å². The van der Waals surface area contributed by atoms with Gasteiger partial charge in [0.2, 0.25) is 0 Å². The van der Waals surface area contributed by atoms with E-state index < -0.39 is 21.7 Å². The number of aliphatic imine (C=N–C) groups is 1. The summed E-state index contributed by atoms with van der Waals surface area (Å²) in [5.41, 5.74) is 4.12. The van der Waals surface area contributed by atoms with Crippen LogP contribution in [0.1, 0.15) is 42.1 Å². The molecule has 33 heavy (non-hydrogen) atoms. The number of sulfone groups is 1. The minimum Gasteiger partial charge on any atom is -0.494 e. The van der Waals surface area contributed by atoms with Crippen LogP contribution in [0.25, 0.3) is 11.3 Å². The molecule has 7 nitrogen and oxygen atoms in total. The predicted octanol–water partition coefficient (Wildman–Crippen LogP) is 3.44. The first-order chi connectivity index (χ1) is 15.6. The fourth-order valence-electron chi connectivity index (χ4n) is 3.89. The summed E-state index contributed by atoms with van der Waals surface area (Å²) in [5.74, 6) is -0.475. The van der Waals surface area contributed by atoms with Gasteiger partial charge in [0.25, 0.3) is 5.56 Å². The van der Waals surface area contributed by atoms with Crippen molar-refractivity contribution < 1.29 is 17.5 Å². The van der Waals surface area contributed by atoms with E-state index >= 15 is 0 Å². The van der Waals surface area contributed by atoms with Gasteiger partial charge in [0.1, 0.15) is 0 Å². The Kier molecular flexibility index (Phi) is 5.92. The number of nitrogens with zero attached hydrogens (tertiary/aromatic N) is 3. The number of benzene rings is 2. The molecule has 0 saturated carbocycles. The second kappa shape index (κ2) is 8.55. The highest BCUT2D eigenvalue weighted by atomic mass is 32.2. The second-order valence-electron chi connectivity index (χ2n) is 7.97. The highest BCUT2D eigenvalue weighted by molar-refractivity contribution is 7.90. The van der Waals surface area contributed by atoms with Gasteiger partial charge >= 0.3 is 0 Å². The third-order valence-electron chi connectivity index (χ3n) is 5.74. The SMILES string of the molecule is CCS(=O)(=O)Cc1ccc2c(c1)-c1nn(C)c(=O)cc1C(C)N=C2c1ccc(F)c(OC)c1. The van der Waals surface area contributed by atoms with E-state index in [0.29, 0.717) is 39.2 Å². The van der Waals surface area contributed by atoms with Gasteiger partial charge in [0.05, 0.1) is 30.3 Å². The van der Waals surface area contributed by atoms with Crippen molar-refractivity contribution in [3.05, 3.63) is 80.9 Å². The number of methoxy groups -OCH3 is 1. The maximum Gasteiger partial charge on any atom is 0.266 e. The molecule has 3 aromatic rings. The van der Waals surface area contributed by atoms with Crippen molar-refractivity contribution in [3.63, 3.8) is 0 Å². The highest BCUT2D eigenvalue weighted by Gasteiger charge is 2.26. The number of ether oxygens (including phenoxy) is 1. The average molecular weight is 470 g/mol. The van der Waals surface area contributed by atoms with Crippen molar-refractivity contribution in [1.82, 2.24) is 9.78 Å². The summed E-state index contributed by atoms with van der Waals surface area (Å²) in [6.45, 7) is 3.47. The molecule has 1 aromatic heterocycles. The van der Waals surface area contributed by atoms with Crippen LogP contribution >= 0.6 is 0 Å². The topological polar surface area (TPSA) is 90.6 Å². The Labute approximate surface area is 191 Å². The van der Waals surface area contributed by atoms with Crippen molar-refractivity contribution in [1.29, 1.82) is 0 Å². The molecule has 9 heteroatoms. The van der Waals surface area contributed by atoms with E-state index in [1.807, 2.05) is 6.92 Å². The fraction of sp³-hybridized carbons (Fsp3) is 0.292. The smallest absolute Gasteiger partial charge is 0.266 e. The largest absolute Gasteiger partial charge is 0.494 e. The lowest BCUT2D eigenvalue weighted by atomic mass is 9.93. The van der Waals surface area contributed by atoms with Gasteiger partial charge < -0.3 is 4.74 Å². The van der Waals surface area contributed by atoms with Crippen LogP contribution in [0, 0.1) is 5.82 Å². The van der Waals surface area contributed by atoms with Crippen LogP contribution in [0.2, 0.25) is 0 Å². The number of rotatable bonds is 5. The number of aryl methyl sites for hydroxylation is 1. The molecule has 0 saturated heterocycles. The van der Waals surface area contributed by atoms with Gasteiger partial charge in [-0.05, 0) is 36.8 Å². The Morgan fingerprint density at radius 3 is 2.58 bits per heavy atom. The molecule has 0 fully saturated rings. The quantitative estimate of drug-likeness (QED) is 0.571. The highest BCUT2D eigenvalue weighted by Crippen LogP contribution is 2.37. The Bertz CT molecular complexity index is 1440. The second-order valence-corrected chi connectivity index (χ2v) is 10.3. The van der Waals surface area contributed by atoms with Crippen LogP contribution in [0.15, 0.2) is 52.3 Å². The molecule has 4 rings (SSSR count). The zero-order valence-electron chi connectivity index (χ0n) is 18.8. The molecule has 2 aromatic carbocycles. The molecule has 0 bridgehead atoms. The zero-order valence-corrected chi connectivity index (χ0v) is 19.6. The van der Waals surface area contributed by atoms with Crippen molar-refractivity contribution in [2.45, 2.75) is 25.6 Å². The minimum atomic E-state index is -3.25. The molecule has 172 valence electrons. The normalized spacial score (nSPS) is 15.3. The lowest BCUT2D eigenvalue weighted by Crippen LogP contribution is -2.21. The van der Waals surface area contributed by atoms with Crippen molar-refractivity contribution in [2.24, 2.45) is 12.0 Å². The van der Waals surface area contributed by atoms with Gasteiger partial charge in [0, 0.05) is 41.1 Å². The van der Waals surface area contributed by atoms with Crippen LogP contribution in [0.3, 0.4) is 0 Å². The zero-order chi connectivity index (χ0) is 23.9. The molecule has 1 aliphatic rings. The molecule has 0 N–H and O–H groups in total. The summed E-state index contributed by atoms with van der Waals surface area (Å²) in [6.07, 6.45) is 0. The third-order valence-corrected chi connectivity index (χ3v) is 7.39. The standard InChI is InChI=1S/C24H24FN3O4S/c1-5-33(30,31)13-15-6-8-17-19(10-15)24-18(12-22(29)28(3)27-24)14(2)26-23(17)16-7-9-20(25)21(11-16)32-4/h6-12,14H,5,13H2,1-4H3. The maximum absolute atomic E-state index is 14.1. The van der Waals surface area contributed by atoms with Crippen LogP contribution in [-0.4, -0.2) is 36.8 Å². The monoisotopic (exact) mass is 469 g/mol. The van der Waals surface area contributed by atoms with Gasteiger partial charge in [-0.1, -0.05) is 19.1 Å². The summed E-state index contributed by atoms with van der Waals surface area (Å²) < 4.78 is 45.0. The average Bonchev–Trinajstić information content (AvgIpc) is 2.89. The first kappa shape index (κ1) is 22.8. The van der Waals surface area contributed by atoms with Gasteiger partial charge in [-0.25, -0.2) is 17.5 Å². The Morgan fingerprint density at radius 2 is 1.88 bits per heavy atom. The van der Waals surface area contributed by atoms with E-state index in [1.165, 1.54) is 23.9 Å². The van der Waals surface area contributed by atoms with Crippen LogP contribution in [0.4, 0.5) is 4.39 Å². The molecule has 1 atom stereocenters. The molecule has 0 amide bonds. The number of fused-ring (bicyclic) bond motifs is 3. The molecule has 0 spiro atoms. The molecule has 0 radical (unpaired) electrons. The Morgan fingerprint density at radius 1 is 1.12 bits per heavy atom. The first-order valence-corrected chi connectivity index (χ1v) is 12.3. The number of aromatic nitrogens is 2. The summed E-state index contributed by atoms with van der Waals surface area (Å²) >= 11 is 0. The van der Waals surface area contributed by atoms with Gasteiger partial charge in [-0.15, -0.1) is 0 Å². The minimum absolute atomic E-state index is 0.0343. The van der Waals surface area contributed by atoms with Crippen LogP contribution < -0.4 is 10.3 Å². The van der Waals surface area contributed by atoms with Crippen molar-refractivity contribution in [3.8, 4) is 17.0 Å². The van der Waals surface area contributed by atoms with Crippen molar-refractivity contribution in [2.75, 3.05) is 12.9 Å². The number of hydrogen-bond acceptors (Lipinski definition) is 6. The lowest BCUT2D eigenvalue weighted by molar-refractivity contribution is 0.386. The van der Waals surface area contributed by atoms with Gasteiger partial charge in [-0.3, -0.25) is 9.79 Å². The third kappa shape index (κ3) is 4.32. The summed E-state index contributed by atoms with van der Waals surface area (Å²) in [4.78, 5) is 17.2. The van der Waals surface area contributed by atoms with Gasteiger partial charge in [-0.2, -0.15) is 5.10 Å². The van der Waals surface area contributed by atoms with Crippen molar-refractivity contribution >= 4 is 15.5 Å². The fourth-order valence-corrected chi connectivity index (χ4v) is 4.78. The van der Waals surface area contributed by atoms with E-state index in [4.69, 9.17) is 9.73 Å². The van der Waals surface area contributed by atoms with Crippen LogP contribution in [0.5, 0.6) is 5.75 Å². The first-order valence-electron chi connectivity index (χ1n) is 10.5. The summed E-state index contributed by atoms with van der Waals surface area (Å²) in [6, 6.07) is 10.9. The van der Waals surface area contributed by atoms with Crippen LogP contribution in [-0.2, 0) is 22.6 Å². The molecular weight excluding hydrogens is 445 g/mol. The van der Waals surface area contributed by atoms with E-state index in [9.17, 15) is 17.6 Å². The summed E-state index contributed by atoms with van der Waals surface area (Å²) in [7, 11) is -0.297. The van der Waals surface area contributed by atoms with E-state index in [1.54, 1.807) is 44.3 Å². The van der Waals surface area contributed by atoms with E-state index in [0.717, 1.165) is 0 Å².